The number of allylic oxidation sites excluding steroid dienone is 2. The zero-order valence-corrected chi connectivity index (χ0v) is 25.4. The Kier molecular flexibility index (Phi) is 9.18. The van der Waals surface area contributed by atoms with Crippen molar-refractivity contribution in [3.8, 4) is 0 Å². The largest absolute Gasteiger partial charge is 0.481 e. The third-order valence-electron chi connectivity index (χ3n) is 8.33. The van der Waals surface area contributed by atoms with Crippen LogP contribution in [0.5, 0.6) is 0 Å². The molecule has 2 aromatic rings. The zero-order valence-electron chi connectivity index (χ0n) is 25.4. The minimum absolute atomic E-state index is 0.0701. The minimum atomic E-state index is -0.922. The summed E-state index contributed by atoms with van der Waals surface area (Å²) in [5, 5.41) is 23.2. The van der Waals surface area contributed by atoms with Crippen LogP contribution in [0, 0.1) is 13.8 Å². The Labute approximate surface area is 249 Å². The van der Waals surface area contributed by atoms with Crippen molar-refractivity contribution in [2.45, 2.75) is 80.1 Å². The summed E-state index contributed by atoms with van der Waals surface area (Å²) in [4.78, 5) is 58.7. The molecule has 0 fully saturated rings. The summed E-state index contributed by atoms with van der Waals surface area (Å²) in [7, 11) is 0. The Balaban J connectivity index is 1.91. The number of rotatable bonds is 11. The van der Waals surface area contributed by atoms with Crippen molar-refractivity contribution in [2.75, 3.05) is 0 Å². The summed E-state index contributed by atoms with van der Waals surface area (Å²) in [5.74, 6) is -2.22. The molecule has 4 rings (SSSR count). The van der Waals surface area contributed by atoms with Gasteiger partial charge in [-0.2, -0.15) is 0 Å². The number of carboxylic acid groups (broad SMARTS) is 2. The molecule has 2 aliphatic rings. The highest BCUT2D eigenvalue weighted by Gasteiger charge is 2.24. The van der Waals surface area contributed by atoms with Crippen LogP contribution in [-0.2, 0) is 32.0 Å². The van der Waals surface area contributed by atoms with E-state index in [2.05, 4.69) is 20.3 Å². The molecule has 0 unspecified atom stereocenters. The van der Waals surface area contributed by atoms with Crippen molar-refractivity contribution in [3.05, 3.63) is 72.3 Å². The lowest BCUT2D eigenvalue weighted by atomic mass is 10.0. The molecule has 0 bridgehead atoms. The number of carbonyl (C=O) groups is 4. The molecule has 10 heteroatoms. The second kappa shape index (κ2) is 12.6. The number of carbonyl (C=O) groups excluding carboxylic acids is 2. The van der Waals surface area contributed by atoms with Crippen LogP contribution in [0.1, 0.15) is 87.0 Å². The normalized spacial score (nSPS) is 17.2. The standard InChI is InChI=1S/C33H38N4O6/c1-7-20-19(6)32(42)37-27(20)14-25-18(5)23(10-12-31(40)41)29(35-25)15-28-22(9-11-30(38)39)17(4)24(34-28)13-26-16(3)21(8-2)33(43)36-26/h13-15,34-35H,7-12H2,1-6H3,(H,37,42)(H,38,39)(H,40,41)/b24-13-,27-14+,28-15+. The average Bonchev–Trinajstić information content (AvgIpc) is 3.59. The van der Waals surface area contributed by atoms with Crippen molar-refractivity contribution in [3.63, 3.8) is 0 Å². The van der Waals surface area contributed by atoms with E-state index < -0.39 is 11.9 Å². The van der Waals surface area contributed by atoms with Crippen LogP contribution in [0.15, 0.2) is 33.0 Å². The SMILES string of the molecule is CCC1=C(C)C(/C=c2\[nH]/c(=C/c3[nH]c(/C=C4/NC(=O)C(C)=C4CC)c(C)c3CCC(=O)O)c(CCC(=O)O)c2C)=NC1=O. The van der Waals surface area contributed by atoms with E-state index in [1.807, 2.05) is 52.8 Å². The van der Waals surface area contributed by atoms with Crippen LogP contribution in [0.25, 0.3) is 18.2 Å². The van der Waals surface area contributed by atoms with Crippen LogP contribution in [0.3, 0.4) is 0 Å². The average molecular weight is 587 g/mol. The fraction of sp³-hybridized carbons (Fsp3) is 0.364. The lowest BCUT2D eigenvalue weighted by molar-refractivity contribution is -0.138. The first-order valence-electron chi connectivity index (χ1n) is 14.5. The lowest BCUT2D eigenvalue weighted by Crippen LogP contribution is -2.15. The summed E-state index contributed by atoms with van der Waals surface area (Å²) >= 11 is 0. The van der Waals surface area contributed by atoms with E-state index in [0.717, 1.165) is 44.4 Å². The zero-order chi connectivity index (χ0) is 31.6. The van der Waals surface area contributed by atoms with Crippen LogP contribution < -0.4 is 16.0 Å². The van der Waals surface area contributed by atoms with E-state index in [1.54, 1.807) is 6.92 Å². The van der Waals surface area contributed by atoms with Crippen molar-refractivity contribution >= 4 is 47.7 Å². The Morgan fingerprint density at radius 3 is 1.95 bits per heavy atom. The molecule has 2 aliphatic heterocycles. The summed E-state index contributed by atoms with van der Waals surface area (Å²) in [6, 6.07) is 0. The van der Waals surface area contributed by atoms with Gasteiger partial charge in [0.25, 0.3) is 11.8 Å². The molecule has 5 N–H and O–H groups in total. The van der Waals surface area contributed by atoms with Gasteiger partial charge in [-0.15, -0.1) is 0 Å². The highest BCUT2D eigenvalue weighted by Crippen LogP contribution is 2.28. The Morgan fingerprint density at radius 1 is 0.744 bits per heavy atom. The number of hydrogen-bond acceptors (Lipinski definition) is 4. The number of H-pyrrole nitrogens is 2. The topological polar surface area (TPSA) is 165 Å². The molecule has 0 spiro atoms. The van der Waals surface area contributed by atoms with E-state index in [0.29, 0.717) is 46.4 Å². The van der Waals surface area contributed by atoms with Gasteiger partial charge < -0.3 is 25.5 Å². The second-order valence-corrected chi connectivity index (χ2v) is 10.9. The molecule has 0 atom stereocenters. The number of aliphatic carboxylic acids is 2. The highest BCUT2D eigenvalue weighted by molar-refractivity contribution is 6.30. The molecule has 0 aromatic carbocycles. The third-order valence-corrected chi connectivity index (χ3v) is 8.33. The van der Waals surface area contributed by atoms with Crippen LogP contribution >= 0.6 is 0 Å². The molecular formula is C33H38N4O6. The van der Waals surface area contributed by atoms with E-state index in [-0.39, 0.29) is 37.5 Å². The molecule has 2 aromatic heterocycles. The maximum absolute atomic E-state index is 12.3. The number of amides is 2. The second-order valence-electron chi connectivity index (χ2n) is 10.9. The van der Waals surface area contributed by atoms with Crippen LogP contribution in [0.2, 0.25) is 0 Å². The van der Waals surface area contributed by atoms with Crippen LogP contribution in [0.4, 0.5) is 0 Å². The number of aliphatic imine (C=N–C) groups is 1. The van der Waals surface area contributed by atoms with Crippen molar-refractivity contribution in [1.82, 2.24) is 15.3 Å². The van der Waals surface area contributed by atoms with Crippen LogP contribution in [-0.4, -0.2) is 49.6 Å². The van der Waals surface area contributed by atoms with Gasteiger partial charge in [0, 0.05) is 51.8 Å². The number of aromatic amines is 2. The monoisotopic (exact) mass is 586 g/mol. The van der Waals surface area contributed by atoms with Gasteiger partial charge in [-0.05, 0) is 105 Å². The first-order chi connectivity index (χ1) is 20.4. The fourth-order valence-electron chi connectivity index (χ4n) is 5.77. The highest BCUT2D eigenvalue weighted by atomic mass is 16.4. The number of hydrogen-bond donors (Lipinski definition) is 5. The summed E-state index contributed by atoms with van der Waals surface area (Å²) < 4.78 is 0. The third kappa shape index (κ3) is 6.38. The van der Waals surface area contributed by atoms with Gasteiger partial charge in [0.15, 0.2) is 0 Å². The molecule has 43 heavy (non-hydrogen) atoms. The molecule has 0 aliphatic carbocycles. The molecule has 10 nitrogen and oxygen atoms in total. The van der Waals surface area contributed by atoms with Crippen molar-refractivity contribution in [1.29, 1.82) is 0 Å². The molecule has 0 radical (unpaired) electrons. The molecular weight excluding hydrogens is 548 g/mol. The van der Waals surface area contributed by atoms with Gasteiger partial charge in [0.2, 0.25) is 0 Å². The van der Waals surface area contributed by atoms with Gasteiger partial charge in [-0.1, -0.05) is 13.8 Å². The maximum Gasteiger partial charge on any atom is 0.303 e. The van der Waals surface area contributed by atoms with E-state index in [9.17, 15) is 29.4 Å². The molecule has 0 saturated carbocycles. The lowest BCUT2D eigenvalue weighted by Gasteiger charge is -2.04. The van der Waals surface area contributed by atoms with Gasteiger partial charge >= 0.3 is 11.9 Å². The van der Waals surface area contributed by atoms with E-state index in [1.165, 1.54) is 0 Å². The Morgan fingerprint density at radius 2 is 1.37 bits per heavy atom. The van der Waals surface area contributed by atoms with Gasteiger partial charge in [-0.3, -0.25) is 19.2 Å². The summed E-state index contributed by atoms with van der Waals surface area (Å²) in [6.45, 7) is 11.4. The van der Waals surface area contributed by atoms with E-state index >= 15 is 0 Å². The summed E-state index contributed by atoms with van der Waals surface area (Å²) in [5.41, 5.74) is 9.15. The Bertz CT molecular complexity index is 1790. The molecule has 0 saturated heterocycles. The predicted octanol–water partition coefficient (Wildman–Crippen LogP) is 3.51. The van der Waals surface area contributed by atoms with Gasteiger partial charge in [0.05, 0.1) is 5.71 Å². The van der Waals surface area contributed by atoms with Crippen molar-refractivity contribution < 1.29 is 29.4 Å². The predicted molar refractivity (Wildman–Crippen MR) is 165 cm³/mol. The smallest absolute Gasteiger partial charge is 0.303 e. The number of aromatic nitrogens is 2. The molecule has 2 amide bonds. The quantitative estimate of drug-likeness (QED) is 0.270. The summed E-state index contributed by atoms with van der Waals surface area (Å²) in [6.07, 6.45) is 7.25. The number of nitrogens with one attached hydrogen (secondary N) is 3. The molecule has 226 valence electrons. The first kappa shape index (κ1) is 31.2. The van der Waals surface area contributed by atoms with E-state index in [4.69, 9.17) is 0 Å². The van der Waals surface area contributed by atoms with Crippen molar-refractivity contribution in [2.24, 2.45) is 4.99 Å². The fourth-order valence-corrected chi connectivity index (χ4v) is 5.77. The maximum atomic E-state index is 12.3. The number of nitrogens with zero attached hydrogens (tertiary/aromatic N) is 1. The minimum Gasteiger partial charge on any atom is -0.481 e. The molecule has 4 heterocycles. The van der Waals surface area contributed by atoms with Gasteiger partial charge in [0.1, 0.15) is 0 Å². The Hall–Kier alpha value is -4.73. The van der Waals surface area contributed by atoms with Gasteiger partial charge in [-0.25, -0.2) is 4.99 Å². The number of carboxylic acids is 2. The first-order valence-corrected chi connectivity index (χ1v) is 14.5.